The van der Waals surface area contributed by atoms with Crippen LogP contribution < -0.4 is 0 Å². The molecule has 0 amide bonds. The largest absolute Gasteiger partial charge is 0.290 e. The Hall–Kier alpha value is -0.850. The summed E-state index contributed by atoms with van der Waals surface area (Å²) in [6.07, 6.45) is 5.09. The summed E-state index contributed by atoms with van der Waals surface area (Å²) in [6.45, 7) is 7.55. The van der Waals surface area contributed by atoms with E-state index in [2.05, 4.69) is 6.58 Å². The molecule has 1 heteroatoms. The zero-order chi connectivity index (χ0) is 7.98. The number of allylic oxidation sites excluding steroid dienone is 3. The number of carbonyl (C=O) groups excluding carboxylic acids is 1. The predicted octanol–water partition coefficient (Wildman–Crippen LogP) is 2.49. The van der Waals surface area contributed by atoms with Gasteiger partial charge >= 0.3 is 0 Å². The van der Waals surface area contributed by atoms with Crippen molar-refractivity contribution >= 4 is 5.78 Å². The first-order valence-electron chi connectivity index (χ1n) is 3.61. The summed E-state index contributed by atoms with van der Waals surface area (Å²) in [5, 5.41) is 0. The van der Waals surface area contributed by atoms with Crippen LogP contribution in [0.1, 0.15) is 26.7 Å². The molecule has 0 heterocycles. The van der Waals surface area contributed by atoms with E-state index in [1.165, 1.54) is 0 Å². The van der Waals surface area contributed by atoms with Crippen LogP contribution >= 0.6 is 0 Å². The molecule has 0 atom stereocenters. The van der Waals surface area contributed by atoms with Gasteiger partial charge in [-0.05, 0) is 24.5 Å². The molecule has 0 saturated carbocycles. The first-order valence-corrected chi connectivity index (χ1v) is 3.61. The van der Waals surface area contributed by atoms with E-state index in [1.807, 2.05) is 19.9 Å². The molecule has 0 radical (unpaired) electrons. The van der Waals surface area contributed by atoms with Crippen molar-refractivity contribution in [1.82, 2.24) is 0 Å². The van der Waals surface area contributed by atoms with E-state index in [4.69, 9.17) is 0 Å². The van der Waals surface area contributed by atoms with E-state index in [-0.39, 0.29) is 5.78 Å². The quantitative estimate of drug-likeness (QED) is 0.545. The van der Waals surface area contributed by atoms with Gasteiger partial charge in [-0.3, -0.25) is 4.79 Å². The maximum Gasteiger partial charge on any atom is 0.180 e. The van der Waals surface area contributed by atoms with Crippen molar-refractivity contribution < 1.29 is 4.79 Å². The minimum atomic E-state index is 0.0596. The van der Waals surface area contributed by atoms with Crippen LogP contribution in [0, 0.1) is 0 Å². The first-order chi connectivity index (χ1) is 4.72. The van der Waals surface area contributed by atoms with Crippen LogP contribution in [0.5, 0.6) is 0 Å². The van der Waals surface area contributed by atoms with Gasteiger partial charge < -0.3 is 0 Å². The van der Waals surface area contributed by atoms with Gasteiger partial charge in [0, 0.05) is 0 Å². The van der Waals surface area contributed by atoms with Crippen molar-refractivity contribution in [2.45, 2.75) is 26.7 Å². The van der Waals surface area contributed by atoms with Gasteiger partial charge in [0.1, 0.15) is 0 Å². The Labute approximate surface area is 62.4 Å². The molecule has 0 bridgehead atoms. The molecular weight excluding hydrogens is 124 g/mol. The molecular formula is C9H14O. The van der Waals surface area contributed by atoms with Gasteiger partial charge in [-0.25, -0.2) is 0 Å². The van der Waals surface area contributed by atoms with E-state index in [0.717, 1.165) is 12.8 Å². The number of rotatable bonds is 4. The lowest BCUT2D eigenvalue weighted by Crippen LogP contribution is -1.94. The van der Waals surface area contributed by atoms with Crippen molar-refractivity contribution in [2.75, 3.05) is 0 Å². The second-order valence-electron chi connectivity index (χ2n) is 2.13. The van der Waals surface area contributed by atoms with Crippen molar-refractivity contribution in [2.24, 2.45) is 0 Å². The normalized spacial score (nSPS) is 10.2. The summed E-state index contributed by atoms with van der Waals surface area (Å²) in [7, 11) is 0. The zero-order valence-electron chi connectivity index (χ0n) is 6.68. The molecule has 1 nitrogen and oxygen atoms in total. The van der Waals surface area contributed by atoms with Crippen LogP contribution in [0.15, 0.2) is 24.3 Å². The van der Waals surface area contributed by atoms with Crippen LogP contribution in [-0.4, -0.2) is 5.78 Å². The third kappa shape index (κ3) is 3.23. The Morgan fingerprint density at radius 2 is 2.10 bits per heavy atom. The van der Waals surface area contributed by atoms with E-state index in [0.29, 0.717) is 5.57 Å². The highest BCUT2D eigenvalue weighted by molar-refractivity contribution is 6.03. The fourth-order valence-corrected chi connectivity index (χ4v) is 0.517. The predicted molar refractivity (Wildman–Crippen MR) is 43.9 cm³/mol. The number of carbonyl (C=O) groups is 1. The number of hydrogen-bond acceptors (Lipinski definition) is 1. The van der Waals surface area contributed by atoms with Gasteiger partial charge in [0.15, 0.2) is 5.78 Å². The molecule has 0 spiro atoms. The third-order valence-corrected chi connectivity index (χ3v) is 1.28. The molecule has 0 aliphatic carbocycles. The fourth-order valence-electron chi connectivity index (χ4n) is 0.517. The fraction of sp³-hybridized carbons (Fsp3) is 0.444. The Morgan fingerprint density at radius 3 is 2.50 bits per heavy atom. The minimum Gasteiger partial charge on any atom is -0.290 e. The van der Waals surface area contributed by atoms with Crippen LogP contribution in [-0.2, 0) is 4.79 Å². The molecule has 0 saturated heterocycles. The summed E-state index contributed by atoms with van der Waals surface area (Å²) < 4.78 is 0. The third-order valence-electron chi connectivity index (χ3n) is 1.28. The van der Waals surface area contributed by atoms with Crippen molar-refractivity contribution in [3.8, 4) is 0 Å². The standard InChI is InChI=1S/C9H14O/c1-4-6-7-9(10)8(3)5-2/h6-7H,3-5H2,1-2H3. The van der Waals surface area contributed by atoms with Crippen LogP contribution in [0.4, 0.5) is 0 Å². The summed E-state index contributed by atoms with van der Waals surface area (Å²) in [6, 6.07) is 0. The molecule has 0 rings (SSSR count). The molecule has 0 aromatic rings. The van der Waals surface area contributed by atoms with Gasteiger partial charge in [0.05, 0.1) is 0 Å². The van der Waals surface area contributed by atoms with Gasteiger partial charge in [-0.15, -0.1) is 0 Å². The highest BCUT2D eigenvalue weighted by Gasteiger charge is 1.97. The lowest BCUT2D eigenvalue weighted by Gasteiger charge is -1.92. The first kappa shape index (κ1) is 9.15. The summed E-state index contributed by atoms with van der Waals surface area (Å²) >= 11 is 0. The molecule has 0 fully saturated rings. The molecule has 0 aliphatic rings. The number of ketones is 1. The molecule has 0 unspecified atom stereocenters. The SMILES string of the molecule is C=C(CC)C(=O)C=CCC. The highest BCUT2D eigenvalue weighted by Crippen LogP contribution is 1.99. The topological polar surface area (TPSA) is 17.1 Å². The molecule has 0 aromatic carbocycles. The van der Waals surface area contributed by atoms with E-state index in [1.54, 1.807) is 6.08 Å². The van der Waals surface area contributed by atoms with E-state index < -0.39 is 0 Å². The Balaban J connectivity index is 3.85. The Bertz CT molecular complexity index is 154. The van der Waals surface area contributed by atoms with Crippen molar-refractivity contribution in [3.05, 3.63) is 24.3 Å². The average molecular weight is 138 g/mol. The molecule has 56 valence electrons. The lowest BCUT2D eigenvalue weighted by molar-refractivity contribution is -0.111. The maximum absolute atomic E-state index is 10.9. The van der Waals surface area contributed by atoms with Crippen molar-refractivity contribution in [1.29, 1.82) is 0 Å². The summed E-state index contributed by atoms with van der Waals surface area (Å²) in [5.74, 6) is 0.0596. The second kappa shape index (κ2) is 4.98. The second-order valence-corrected chi connectivity index (χ2v) is 2.13. The van der Waals surface area contributed by atoms with Crippen LogP contribution in [0.3, 0.4) is 0 Å². The van der Waals surface area contributed by atoms with Gasteiger partial charge in [-0.2, -0.15) is 0 Å². The van der Waals surface area contributed by atoms with E-state index >= 15 is 0 Å². The lowest BCUT2D eigenvalue weighted by atomic mass is 10.1. The Kier molecular flexibility index (Phi) is 4.55. The van der Waals surface area contributed by atoms with Crippen LogP contribution in [0.2, 0.25) is 0 Å². The molecule has 0 aliphatic heterocycles. The highest BCUT2D eigenvalue weighted by atomic mass is 16.1. The van der Waals surface area contributed by atoms with Crippen molar-refractivity contribution in [3.63, 3.8) is 0 Å². The van der Waals surface area contributed by atoms with Crippen LogP contribution in [0.25, 0.3) is 0 Å². The molecule has 10 heavy (non-hydrogen) atoms. The summed E-state index contributed by atoms with van der Waals surface area (Å²) in [5.41, 5.74) is 0.685. The zero-order valence-corrected chi connectivity index (χ0v) is 6.68. The monoisotopic (exact) mass is 138 g/mol. The van der Waals surface area contributed by atoms with E-state index in [9.17, 15) is 4.79 Å². The smallest absolute Gasteiger partial charge is 0.180 e. The van der Waals surface area contributed by atoms with Gasteiger partial charge in [0.2, 0.25) is 0 Å². The Morgan fingerprint density at radius 1 is 1.50 bits per heavy atom. The maximum atomic E-state index is 10.9. The van der Waals surface area contributed by atoms with Gasteiger partial charge in [0.25, 0.3) is 0 Å². The summed E-state index contributed by atoms with van der Waals surface area (Å²) in [4.78, 5) is 10.9. The minimum absolute atomic E-state index is 0.0596. The molecule has 0 N–H and O–H groups in total. The average Bonchev–Trinajstić information content (AvgIpc) is 1.98. The number of hydrogen-bond donors (Lipinski definition) is 0. The van der Waals surface area contributed by atoms with Gasteiger partial charge in [-0.1, -0.05) is 26.5 Å². The molecule has 0 aromatic heterocycles.